The first kappa shape index (κ1) is 15.8. The van der Waals surface area contributed by atoms with Gasteiger partial charge in [-0.2, -0.15) is 0 Å². The van der Waals surface area contributed by atoms with Crippen LogP contribution in [0.3, 0.4) is 0 Å². The van der Waals surface area contributed by atoms with E-state index in [1.54, 1.807) is 0 Å². The van der Waals surface area contributed by atoms with E-state index in [2.05, 4.69) is 33.0 Å². The second-order valence-electron chi connectivity index (χ2n) is 6.32. The van der Waals surface area contributed by atoms with Crippen LogP contribution < -0.4 is 5.32 Å². The molecule has 18 heavy (non-hydrogen) atoms. The van der Waals surface area contributed by atoms with Crippen LogP contribution in [0.25, 0.3) is 0 Å². The van der Waals surface area contributed by atoms with Gasteiger partial charge >= 0.3 is 0 Å². The van der Waals surface area contributed by atoms with Crippen molar-refractivity contribution in [1.29, 1.82) is 0 Å². The molecule has 1 heterocycles. The Morgan fingerprint density at radius 3 is 2.72 bits per heavy atom. The van der Waals surface area contributed by atoms with E-state index in [-0.39, 0.29) is 28.7 Å². The molecule has 0 aromatic carbocycles. The lowest BCUT2D eigenvalue weighted by Gasteiger charge is -2.23. The summed E-state index contributed by atoms with van der Waals surface area (Å²) in [5.74, 6) is 0.104. The Balaban J connectivity index is 2.32. The van der Waals surface area contributed by atoms with Gasteiger partial charge in [-0.3, -0.25) is 4.79 Å². The van der Waals surface area contributed by atoms with Crippen LogP contribution in [-0.4, -0.2) is 30.5 Å². The highest BCUT2D eigenvalue weighted by molar-refractivity contribution is 6.20. The molecule has 0 aromatic heterocycles. The van der Waals surface area contributed by atoms with Crippen LogP contribution >= 0.6 is 11.6 Å². The van der Waals surface area contributed by atoms with Crippen molar-refractivity contribution in [2.75, 3.05) is 13.2 Å². The van der Waals surface area contributed by atoms with Gasteiger partial charge in [0.2, 0.25) is 5.91 Å². The molecule has 3 nitrogen and oxygen atoms in total. The Morgan fingerprint density at radius 2 is 2.17 bits per heavy atom. The Hall–Kier alpha value is -0.280. The van der Waals surface area contributed by atoms with E-state index in [4.69, 9.17) is 16.3 Å². The summed E-state index contributed by atoms with van der Waals surface area (Å²) in [5, 5.41) is 2.96. The molecule has 4 heteroatoms. The first-order valence-electron chi connectivity index (χ1n) is 6.87. The van der Waals surface area contributed by atoms with Crippen molar-refractivity contribution < 1.29 is 9.53 Å². The number of alkyl halides is 1. The van der Waals surface area contributed by atoms with Crippen molar-refractivity contribution in [3.05, 3.63) is 0 Å². The zero-order chi connectivity index (χ0) is 13.8. The van der Waals surface area contributed by atoms with Crippen molar-refractivity contribution >= 4 is 17.5 Å². The average molecular weight is 276 g/mol. The van der Waals surface area contributed by atoms with E-state index < -0.39 is 0 Å². The first-order chi connectivity index (χ1) is 8.33. The lowest BCUT2D eigenvalue weighted by molar-refractivity contribution is -0.126. The minimum Gasteiger partial charge on any atom is -0.377 e. The molecular weight excluding hydrogens is 250 g/mol. The smallest absolute Gasteiger partial charge is 0.225 e. The number of nitrogens with one attached hydrogen (secondary N) is 1. The topological polar surface area (TPSA) is 38.3 Å². The molecule has 1 aliphatic heterocycles. The highest BCUT2D eigenvalue weighted by Gasteiger charge is 2.32. The van der Waals surface area contributed by atoms with Crippen molar-refractivity contribution in [3.63, 3.8) is 0 Å². The third-order valence-electron chi connectivity index (χ3n) is 3.28. The van der Waals surface area contributed by atoms with Crippen molar-refractivity contribution in [2.24, 2.45) is 11.3 Å². The Kier molecular flexibility index (Phi) is 5.93. The van der Waals surface area contributed by atoms with Gasteiger partial charge in [-0.05, 0) is 24.7 Å². The van der Waals surface area contributed by atoms with Crippen molar-refractivity contribution in [3.8, 4) is 0 Å². The molecule has 1 N–H and O–H groups in total. The maximum absolute atomic E-state index is 12.0. The van der Waals surface area contributed by atoms with E-state index in [1.165, 1.54) is 0 Å². The Morgan fingerprint density at radius 1 is 1.50 bits per heavy atom. The summed E-state index contributed by atoms with van der Waals surface area (Å²) in [6, 6.07) is 0. The van der Waals surface area contributed by atoms with Crippen LogP contribution in [0.5, 0.6) is 0 Å². The highest BCUT2D eigenvalue weighted by atomic mass is 35.5. The molecule has 0 aliphatic carbocycles. The molecule has 106 valence electrons. The molecule has 0 spiro atoms. The molecule has 0 aromatic rings. The number of hydrogen-bond acceptors (Lipinski definition) is 2. The lowest BCUT2D eigenvalue weighted by Crippen LogP contribution is -2.38. The molecule has 1 amide bonds. The minimum absolute atomic E-state index is 0.00338. The predicted molar refractivity (Wildman–Crippen MR) is 74.9 cm³/mol. The molecule has 3 atom stereocenters. The molecule has 1 aliphatic rings. The number of halogens is 1. The first-order valence-corrected chi connectivity index (χ1v) is 7.30. The summed E-state index contributed by atoms with van der Waals surface area (Å²) in [6.45, 7) is 9.76. The van der Waals surface area contributed by atoms with Gasteiger partial charge in [0.1, 0.15) is 0 Å². The van der Waals surface area contributed by atoms with Gasteiger partial charge in [-0.25, -0.2) is 0 Å². The van der Waals surface area contributed by atoms with Crippen LogP contribution in [0.1, 0.15) is 47.0 Å². The number of amides is 1. The average Bonchev–Trinajstić information content (AvgIpc) is 2.71. The predicted octanol–water partition coefficient (Wildman–Crippen LogP) is 2.96. The van der Waals surface area contributed by atoms with E-state index >= 15 is 0 Å². The summed E-state index contributed by atoms with van der Waals surface area (Å²) in [4.78, 5) is 12.0. The SMILES string of the molecule is CCC1OCCC1C(=O)NCC(Cl)CC(C)(C)C. The molecule has 0 radical (unpaired) electrons. The molecule has 3 unspecified atom stereocenters. The largest absolute Gasteiger partial charge is 0.377 e. The van der Waals surface area contributed by atoms with Crippen molar-refractivity contribution in [2.45, 2.75) is 58.4 Å². The maximum atomic E-state index is 12.0. The number of carbonyl (C=O) groups is 1. The van der Waals surface area contributed by atoms with Crippen LogP contribution in [0, 0.1) is 11.3 Å². The standard InChI is InChI=1S/C14H26ClNO2/c1-5-12-11(6-7-18-12)13(17)16-9-10(15)8-14(2,3)4/h10-12H,5-9H2,1-4H3,(H,16,17). The third-order valence-corrected chi connectivity index (χ3v) is 3.59. The highest BCUT2D eigenvalue weighted by Crippen LogP contribution is 2.25. The summed E-state index contributed by atoms with van der Waals surface area (Å²) >= 11 is 6.24. The van der Waals surface area contributed by atoms with Crippen LogP contribution in [0.2, 0.25) is 0 Å². The number of rotatable bonds is 5. The molecule has 1 rings (SSSR count). The normalized spacial score (nSPS) is 26.1. The fourth-order valence-electron chi connectivity index (χ4n) is 2.43. The van der Waals surface area contributed by atoms with E-state index in [0.29, 0.717) is 13.2 Å². The van der Waals surface area contributed by atoms with Gasteiger partial charge in [0, 0.05) is 13.2 Å². The fourth-order valence-corrected chi connectivity index (χ4v) is 2.97. The summed E-state index contributed by atoms with van der Waals surface area (Å²) in [5.41, 5.74) is 0.194. The van der Waals surface area contributed by atoms with Crippen LogP contribution in [0.15, 0.2) is 0 Å². The van der Waals surface area contributed by atoms with Gasteiger partial charge < -0.3 is 10.1 Å². The number of hydrogen-bond donors (Lipinski definition) is 1. The van der Waals surface area contributed by atoms with Crippen LogP contribution in [-0.2, 0) is 9.53 Å². The monoisotopic (exact) mass is 275 g/mol. The van der Waals surface area contributed by atoms with Gasteiger partial charge in [0.25, 0.3) is 0 Å². The molecule has 0 saturated carbocycles. The fraction of sp³-hybridized carbons (Fsp3) is 0.929. The maximum Gasteiger partial charge on any atom is 0.225 e. The second kappa shape index (κ2) is 6.76. The zero-order valence-corrected chi connectivity index (χ0v) is 12.7. The summed E-state index contributed by atoms with van der Waals surface area (Å²) in [7, 11) is 0. The molecular formula is C14H26ClNO2. The van der Waals surface area contributed by atoms with E-state index in [9.17, 15) is 4.79 Å². The van der Waals surface area contributed by atoms with Crippen LogP contribution in [0.4, 0.5) is 0 Å². The van der Waals surface area contributed by atoms with Gasteiger partial charge in [0.05, 0.1) is 17.4 Å². The van der Waals surface area contributed by atoms with E-state index in [1.807, 2.05) is 0 Å². The summed E-state index contributed by atoms with van der Waals surface area (Å²) < 4.78 is 5.53. The Labute approximate surface area is 116 Å². The van der Waals surface area contributed by atoms with Gasteiger partial charge in [-0.1, -0.05) is 27.7 Å². The second-order valence-corrected chi connectivity index (χ2v) is 6.94. The summed E-state index contributed by atoms with van der Waals surface area (Å²) in [6.07, 6.45) is 2.70. The molecule has 1 fully saturated rings. The van der Waals surface area contributed by atoms with Gasteiger partial charge in [-0.15, -0.1) is 11.6 Å². The Bertz CT molecular complexity index is 275. The number of carbonyl (C=O) groups excluding carboxylic acids is 1. The third kappa shape index (κ3) is 5.15. The lowest BCUT2D eigenvalue weighted by atomic mass is 9.90. The minimum atomic E-state index is -0.00338. The molecule has 1 saturated heterocycles. The van der Waals surface area contributed by atoms with E-state index in [0.717, 1.165) is 19.3 Å². The molecule has 0 bridgehead atoms. The van der Waals surface area contributed by atoms with Crippen molar-refractivity contribution in [1.82, 2.24) is 5.32 Å². The number of ether oxygens (including phenoxy) is 1. The quantitative estimate of drug-likeness (QED) is 0.784. The van der Waals surface area contributed by atoms with Gasteiger partial charge in [0.15, 0.2) is 0 Å². The zero-order valence-electron chi connectivity index (χ0n) is 12.0.